The molecule has 0 aromatic heterocycles. The number of amides is 2. The molecule has 0 unspecified atom stereocenters. The minimum atomic E-state index is -0.798. The largest absolute Gasteiger partial charge is 0.506 e. The first-order chi connectivity index (χ1) is 16.4. The second-order valence-electron chi connectivity index (χ2n) is 8.98. The molecule has 1 aliphatic heterocycles. The van der Waals surface area contributed by atoms with Gasteiger partial charge in [0.05, 0.1) is 11.8 Å². The Morgan fingerprint density at radius 3 is 2.59 bits per heavy atom. The number of aromatic hydroxyl groups is 1. The van der Waals surface area contributed by atoms with Crippen LogP contribution in [0, 0.1) is 13.8 Å². The monoisotopic (exact) mass is 468 g/mol. The Kier molecular flexibility index (Phi) is 9.44. The number of carbonyl (C=O) groups excluding carboxylic acids is 2. The zero-order chi connectivity index (χ0) is 24.5. The number of phenolic OH excluding ortho intramolecular Hbond substituents is 1. The molecule has 1 fully saturated rings. The van der Waals surface area contributed by atoms with Crippen LogP contribution in [0.25, 0.3) is 0 Å². The van der Waals surface area contributed by atoms with Gasteiger partial charge in [0.25, 0.3) is 0 Å². The minimum Gasteiger partial charge on any atom is -0.506 e. The summed E-state index contributed by atoms with van der Waals surface area (Å²) in [6.07, 6.45) is 3.92. The molecule has 5 N–H and O–H groups in total. The third kappa shape index (κ3) is 7.28. The molecular formula is C26H36N4O4. The van der Waals surface area contributed by atoms with E-state index < -0.39 is 6.10 Å². The molecule has 0 saturated carbocycles. The summed E-state index contributed by atoms with van der Waals surface area (Å²) in [5.74, 6) is -0.0137. The summed E-state index contributed by atoms with van der Waals surface area (Å²) >= 11 is 0. The Morgan fingerprint density at radius 2 is 1.85 bits per heavy atom. The SMILES string of the molecule is Cc1cc(NC(=O)CCN2CCCCC2)c(C)cc1CNC[C@H](O)c1ccc(O)c(NC=O)c1. The van der Waals surface area contributed by atoms with Crippen LogP contribution in [-0.4, -0.2) is 53.6 Å². The van der Waals surface area contributed by atoms with Crippen LogP contribution < -0.4 is 16.0 Å². The van der Waals surface area contributed by atoms with Gasteiger partial charge in [-0.25, -0.2) is 0 Å². The van der Waals surface area contributed by atoms with Crippen LogP contribution in [0.1, 0.15) is 54.0 Å². The Hall–Kier alpha value is -2.94. The van der Waals surface area contributed by atoms with Gasteiger partial charge < -0.3 is 31.1 Å². The molecule has 2 aromatic rings. The number of nitrogens with one attached hydrogen (secondary N) is 3. The molecule has 0 spiro atoms. The second-order valence-corrected chi connectivity index (χ2v) is 8.98. The maximum Gasteiger partial charge on any atom is 0.225 e. The standard InChI is InChI=1S/C26H36N4O4/c1-18-13-22(29-26(34)8-11-30-9-4-3-5-10-30)19(2)12-21(18)15-27-16-25(33)20-6-7-24(32)23(14-20)28-17-31/h6-7,12-14,17,25,27,32-33H,3-5,8-11,15-16H2,1-2H3,(H,28,31)(H,29,34)/t25-/m0/s1. The lowest BCUT2D eigenvalue weighted by Crippen LogP contribution is -2.32. The summed E-state index contributed by atoms with van der Waals surface area (Å²) in [5.41, 5.74) is 4.82. The molecule has 2 amide bonds. The number of nitrogens with zero attached hydrogens (tertiary/aromatic N) is 1. The zero-order valence-electron chi connectivity index (χ0n) is 20.1. The second kappa shape index (κ2) is 12.5. The summed E-state index contributed by atoms with van der Waals surface area (Å²) in [5, 5.41) is 29.0. The van der Waals surface area contributed by atoms with Crippen molar-refractivity contribution in [2.45, 2.75) is 52.2 Å². The summed E-state index contributed by atoms with van der Waals surface area (Å²) in [6.45, 7) is 7.84. The molecule has 8 nitrogen and oxygen atoms in total. The quantitative estimate of drug-likeness (QED) is 0.256. The minimum absolute atomic E-state index is 0.0411. The average Bonchev–Trinajstić information content (AvgIpc) is 2.83. The highest BCUT2D eigenvalue weighted by molar-refractivity contribution is 5.91. The number of phenols is 1. The van der Waals surface area contributed by atoms with Gasteiger partial charge in [-0.2, -0.15) is 0 Å². The maximum atomic E-state index is 12.5. The summed E-state index contributed by atoms with van der Waals surface area (Å²) in [6, 6.07) is 8.67. The lowest BCUT2D eigenvalue weighted by molar-refractivity contribution is -0.116. The van der Waals surface area contributed by atoms with E-state index in [1.54, 1.807) is 12.1 Å². The molecule has 0 aliphatic carbocycles. The smallest absolute Gasteiger partial charge is 0.225 e. The van der Waals surface area contributed by atoms with Crippen molar-refractivity contribution in [1.29, 1.82) is 0 Å². The van der Waals surface area contributed by atoms with Gasteiger partial charge in [-0.15, -0.1) is 0 Å². The highest BCUT2D eigenvalue weighted by Crippen LogP contribution is 2.27. The Balaban J connectivity index is 1.51. The number of carbonyl (C=O) groups is 2. The van der Waals surface area contributed by atoms with E-state index in [-0.39, 0.29) is 17.3 Å². The zero-order valence-corrected chi connectivity index (χ0v) is 20.1. The Bertz CT molecular complexity index is 989. The van der Waals surface area contributed by atoms with Crippen molar-refractivity contribution >= 4 is 23.7 Å². The number of aryl methyl sites for hydroxylation is 2. The number of piperidine rings is 1. The van der Waals surface area contributed by atoms with Crippen LogP contribution in [0.2, 0.25) is 0 Å². The molecule has 0 radical (unpaired) electrons. The van der Waals surface area contributed by atoms with Gasteiger partial charge >= 0.3 is 0 Å². The van der Waals surface area contributed by atoms with E-state index in [4.69, 9.17) is 0 Å². The van der Waals surface area contributed by atoms with E-state index in [9.17, 15) is 19.8 Å². The Labute approximate surface area is 201 Å². The number of hydrogen-bond acceptors (Lipinski definition) is 6. The van der Waals surface area contributed by atoms with Gasteiger partial charge in [-0.3, -0.25) is 9.59 Å². The van der Waals surface area contributed by atoms with Gasteiger partial charge in [0.1, 0.15) is 5.75 Å². The van der Waals surface area contributed by atoms with Crippen LogP contribution in [-0.2, 0) is 16.1 Å². The number of benzene rings is 2. The van der Waals surface area contributed by atoms with Crippen LogP contribution >= 0.6 is 0 Å². The normalized spacial score (nSPS) is 15.0. The molecule has 34 heavy (non-hydrogen) atoms. The van der Waals surface area contributed by atoms with Crippen molar-refractivity contribution in [1.82, 2.24) is 10.2 Å². The first-order valence-corrected chi connectivity index (χ1v) is 11.9. The third-order valence-corrected chi connectivity index (χ3v) is 6.33. The van der Waals surface area contributed by atoms with Crippen molar-refractivity contribution < 1.29 is 19.8 Å². The van der Waals surface area contributed by atoms with Crippen LogP contribution in [0.3, 0.4) is 0 Å². The van der Waals surface area contributed by atoms with Crippen molar-refractivity contribution in [3.8, 4) is 5.75 Å². The highest BCUT2D eigenvalue weighted by Gasteiger charge is 2.14. The van der Waals surface area contributed by atoms with E-state index in [0.29, 0.717) is 31.5 Å². The number of anilines is 2. The molecule has 184 valence electrons. The predicted octanol–water partition coefficient (Wildman–Crippen LogP) is 3.22. The van der Waals surface area contributed by atoms with Crippen molar-refractivity contribution in [2.75, 3.05) is 36.8 Å². The van der Waals surface area contributed by atoms with Gasteiger partial charge in [-0.05, 0) is 80.2 Å². The van der Waals surface area contributed by atoms with E-state index in [1.807, 2.05) is 19.9 Å². The molecule has 3 rings (SSSR count). The predicted molar refractivity (Wildman–Crippen MR) is 134 cm³/mol. The van der Waals surface area contributed by atoms with E-state index in [1.165, 1.54) is 25.3 Å². The fourth-order valence-electron chi connectivity index (χ4n) is 4.26. The number of rotatable bonds is 11. The van der Waals surface area contributed by atoms with Crippen LogP contribution in [0.5, 0.6) is 5.75 Å². The molecule has 1 aliphatic rings. The van der Waals surface area contributed by atoms with Crippen LogP contribution in [0.15, 0.2) is 30.3 Å². The number of aliphatic hydroxyl groups is 1. The number of likely N-dealkylation sites (tertiary alicyclic amines) is 1. The van der Waals surface area contributed by atoms with Crippen molar-refractivity contribution in [3.05, 3.63) is 52.6 Å². The summed E-state index contributed by atoms with van der Waals surface area (Å²) in [4.78, 5) is 25.5. The molecule has 0 bridgehead atoms. The lowest BCUT2D eigenvalue weighted by Gasteiger charge is -2.26. The summed E-state index contributed by atoms with van der Waals surface area (Å²) < 4.78 is 0. The van der Waals surface area contributed by atoms with E-state index in [2.05, 4.69) is 26.9 Å². The fraction of sp³-hybridized carbons (Fsp3) is 0.462. The number of hydrogen-bond donors (Lipinski definition) is 5. The van der Waals surface area contributed by atoms with Crippen molar-refractivity contribution in [3.63, 3.8) is 0 Å². The molecule has 2 aromatic carbocycles. The van der Waals surface area contributed by atoms with Crippen LogP contribution in [0.4, 0.5) is 11.4 Å². The van der Waals surface area contributed by atoms with Crippen molar-refractivity contribution in [2.24, 2.45) is 0 Å². The van der Waals surface area contributed by atoms with Gasteiger partial charge in [0, 0.05) is 31.7 Å². The lowest BCUT2D eigenvalue weighted by atomic mass is 10.0. The van der Waals surface area contributed by atoms with Gasteiger partial charge in [-0.1, -0.05) is 18.6 Å². The first-order valence-electron chi connectivity index (χ1n) is 11.9. The summed E-state index contributed by atoms with van der Waals surface area (Å²) in [7, 11) is 0. The third-order valence-electron chi connectivity index (χ3n) is 6.33. The molecule has 1 heterocycles. The Morgan fingerprint density at radius 1 is 1.09 bits per heavy atom. The van der Waals surface area contributed by atoms with E-state index in [0.717, 1.165) is 42.0 Å². The fourth-order valence-corrected chi connectivity index (χ4v) is 4.26. The highest BCUT2D eigenvalue weighted by atomic mass is 16.3. The number of aliphatic hydroxyl groups excluding tert-OH is 1. The van der Waals surface area contributed by atoms with Gasteiger partial charge in [0.2, 0.25) is 12.3 Å². The molecule has 1 saturated heterocycles. The molecular weight excluding hydrogens is 432 g/mol. The molecule has 8 heteroatoms. The average molecular weight is 469 g/mol. The first kappa shape index (κ1) is 25.7. The van der Waals surface area contributed by atoms with E-state index >= 15 is 0 Å². The van der Waals surface area contributed by atoms with Gasteiger partial charge in [0.15, 0.2) is 0 Å². The maximum absolute atomic E-state index is 12.5. The topological polar surface area (TPSA) is 114 Å². The molecule has 1 atom stereocenters.